The van der Waals surface area contributed by atoms with Gasteiger partial charge in [-0.15, -0.1) is 0 Å². The summed E-state index contributed by atoms with van der Waals surface area (Å²) in [6.45, 7) is 3.02. The van der Waals surface area contributed by atoms with Crippen LogP contribution >= 0.6 is 45.2 Å². The van der Waals surface area contributed by atoms with Gasteiger partial charge < -0.3 is 24.6 Å². The maximum absolute atomic E-state index is 14.1. The summed E-state index contributed by atoms with van der Waals surface area (Å²) >= 11 is 3.92. The Morgan fingerprint density at radius 1 is 1.02 bits per heavy atom. The average molecular weight is 897 g/mol. The van der Waals surface area contributed by atoms with Crippen molar-refractivity contribution in [1.29, 1.82) is 0 Å². The number of carboxylic acid groups (broad SMARTS) is 1. The fourth-order valence-electron chi connectivity index (χ4n) is 5.71. The number of fused-ring (bicyclic) bond motifs is 1. The van der Waals surface area contributed by atoms with Crippen molar-refractivity contribution in [2.24, 2.45) is 0 Å². The van der Waals surface area contributed by atoms with E-state index in [9.17, 15) is 23.1 Å². The topological polar surface area (TPSA) is 133 Å². The van der Waals surface area contributed by atoms with Crippen LogP contribution in [0, 0.1) is 7.14 Å². The van der Waals surface area contributed by atoms with Gasteiger partial charge in [-0.1, -0.05) is 48.5 Å². The summed E-state index contributed by atoms with van der Waals surface area (Å²) < 4.78 is 47.3. The summed E-state index contributed by atoms with van der Waals surface area (Å²) in [6.07, 6.45) is 2.31. The molecule has 0 fully saturated rings. The predicted octanol–water partition coefficient (Wildman–Crippen LogP) is 6.25. The third kappa shape index (κ3) is 7.49. The van der Waals surface area contributed by atoms with Crippen molar-refractivity contribution in [1.82, 2.24) is 9.29 Å². The fraction of sp³-hybridized carbons (Fsp3) is 0.257. The highest BCUT2D eigenvalue weighted by Gasteiger charge is 2.32. The number of allylic oxidation sites excluding steroid dienone is 1. The number of nitrogens with one attached hydrogen (secondary N) is 1. The zero-order valence-electron chi connectivity index (χ0n) is 26.4. The van der Waals surface area contributed by atoms with Crippen LogP contribution < -0.4 is 5.32 Å². The Morgan fingerprint density at radius 3 is 2.33 bits per heavy atom. The third-order valence-corrected chi connectivity index (χ3v) is 12.4. The van der Waals surface area contributed by atoms with Gasteiger partial charge in [-0.2, -0.15) is 0 Å². The lowest BCUT2D eigenvalue weighted by molar-refractivity contribution is -0.139. The number of nitrogens with zero attached hydrogens (tertiary/aromatic N) is 1. The summed E-state index contributed by atoms with van der Waals surface area (Å²) in [5.74, 6) is -1.42. The average Bonchev–Trinajstić information content (AvgIpc) is 3.47. The monoisotopic (exact) mass is 896 g/mol. The first kappa shape index (κ1) is 36.0. The number of benzene rings is 3. The molecule has 0 aliphatic heterocycles. The number of aliphatic carboxylic acids is 1. The molecule has 2 atom stereocenters. The van der Waals surface area contributed by atoms with Crippen molar-refractivity contribution in [3.8, 4) is 0 Å². The quantitative estimate of drug-likeness (QED) is 0.151. The molecule has 1 heterocycles. The molecule has 1 unspecified atom stereocenters. The Labute approximate surface area is 306 Å². The molecule has 5 rings (SSSR count). The van der Waals surface area contributed by atoms with Gasteiger partial charge in [0.05, 0.1) is 25.3 Å². The van der Waals surface area contributed by atoms with Gasteiger partial charge in [-0.25, -0.2) is 17.2 Å². The molecule has 4 aromatic rings. The van der Waals surface area contributed by atoms with Crippen molar-refractivity contribution in [3.05, 3.63) is 114 Å². The van der Waals surface area contributed by atoms with Crippen molar-refractivity contribution in [2.45, 2.75) is 36.8 Å². The van der Waals surface area contributed by atoms with Gasteiger partial charge in [0.25, 0.3) is 15.9 Å². The highest BCUT2D eigenvalue weighted by Crippen LogP contribution is 2.35. The maximum atomic E-state index is 14.1. The number of rotatable bonds is 13. The van der Waals surface area contributed by atoms with Gasteiger partial charge in [0.15, 0.2) is 0 Å². The van der Waals surface area contributed by atoms with Crippen LogP contribution in [0.15, 0.2) is 95.1 Å². The van der Waals surface area contributed by atoms with E-state index in [1.807, 2.05) is 70.3 Å². The van der Waals surface area contributed by atoms with Crippen molar-refractivity contribution in [3.63, 3.8) is 0 Å². The number of amides is 1. The number of aromatic nitrogens is 1. The van der Waals surface area contributed by atoms with E-state index in [1.165, 1.54) is 6.07 Å². The second-order valence-electron chi connectivity index (χ2n) is 11.0. The minimum atomic E-state index is -4.25. The van der Waals surface area contributed by atoms with Crippen LogP contribution in [0.4, 0.5) is 0 Å². The molecular formula is C35H34I2N2O8S. The first-order valence-electron chi connectivity index (χ1n) is 15.0. The molecule has 0 radical (unpaired) electrons. The van der Waals surface area contributed by atoms with E-state index in [1.54, 1.807) is 68.8 Å². The summed E-state index contributed by atoms with van der Waals surface area (Å²) in [7, 11) is -1.01. The van der Waals surface area contributed by atoms with E-state index in [0.717, 1.165) is 20.7 Å². The van der Waals surface area contributed by atoms with Gasteiger partial charge in [0.1, 0.15) is 22.4 Å². The molecule has 252 valence electrons. The van der Waals surface area contributed by atoms with Gasteiger partial charge in [-0.3, -0.25) is 4.79 Å². The summed E-state index contributed by atoms with van der Waals surface area (Å²) in [5, 5.41) is 13.2. The van der Waals surface area contributed by atoms with E-state index < -0.39 is 27.9 Å². The van der Waals surface area contributed by atoms with Gasteiger partial charge >= 0.3 is 5.97 Å². The lowest BCUT2D eigenvalue weighted by atomic mass is 9.88. The van der Waals surface area contributed by atoms with Gasteiger partial charge in [0, 0.05) is 44.7 Å². The smallest absolute Gasteiger partial charge is 0.326 e. The zero-order chi connectivity index (χ0) is 34.6. The van der Waals surface area contributed by atoms with Crippen molar-refractivity contribution in [2.75, 3.05) is 27.4 Å². The minimum Gasteiger partial charge on any atom is -0.496 e. The van der Waals surface area contributed by atoms with Crippen LogP contribution in [0.2, 0.25) is 0 Å². The second-order valence-corrected chi connectivity index (χ2v) is 15.1. The largest absolute Gasteiger partial charge is 0.496 e. The van der Waals surface area contributed by atoms with Crippen LogP contribution in [0.3, 0.4) is 0 Å². The lowest BCUT2D eigenvalue weighted by Crippen LogP contribution is -2.43. The number of halogens is 2. The van der Waals surface area contributed by atoms with Gasteiger partial charge in [0.2, 0.25) is 0 Å². The number of hydrogen-bond donors (Lipinski definition) is 2. The fourth-order valence-corrected chi connectivity index (χ4v) is 10.5. The molecule has 1 aliphatic carbocycles. The van der Waals surface area contributed by atoms with E-state index in [-0.39, 0.29) is 23.1 Å². The number of carbonyl (C=O) groups is 2. The van der Waals surface area contributed by atoms with Crippen LogP contribution in [0.1, 0.15) is 35.0 Å². The number of carboxylic acids is 1. The molecule has 2 N–H and O–H groups in total. The SMILES string of the molecule is CCOCC1=CC(OC)=C(c2ccc(C[C@H](NC(=O)c3cc4ccccc4n3S(=O)(=O)c3c(I)cccc3I)C(=O)O)cc2)C(OC)C1. The number of hydrogen-bond acceptors (Lipinski definition) is 7. The summed E-state index contributed by atoms with van der Waals surface area (Å²) in [6, 6.07) is 19.3. The van der Waals surface area contributed by atoms with E-state index in [2.05, 4.69) is 5.32 Å². The molecule has 10 nitrogen and oxygen atoms in total. The first-order chi connectivity index (χ1) is 23.0. The van der Waals surface area contributed by atoms with Crippen LogP contribution in [-0.2, 0) is 35.4 Å². The molecule has 1 amide bonds. The number of carbonyl (C=O) groups excluding carboxylic acids is 1. The lowest BCUT2D eigenvalue weighted by Gasteiger charge is -2.27. The van der Waals surface area contributed by atoms with Gasteiger partial charge in [-0.05, 0) is 99.1 Å². The maximum Gasteiger partial charge on any atom is 0.326 e. The summed E-state index contributed by atoms with van der Waals surface area (Å²) in [4.78, 5) is 26.3. The molecule has 1 aromatic heterocycles. The Morgan fingerprint density at radius 2 is 1.71 bits per heavy atom. The van der Waals surface area contributed by atoms with Crippen LogP contribution in [0.5, 0.6) is 0 Å². The Kier molecular flexibility index (Phi) is 11.7. The highest BCUT2D eigenvalue weighted by atomic mass is 127. The standard InChI is InChI=1S/C35H34I2N2O8S/c1-4-47-20-22-17-30(45-2)32(31(18-22)46-3)23-14-12-21(13-15-23)16-27(35(41)42)38-34(40)29-19-24-8-5-6-11-28(24)39(29)48(43,44)33-25(36)9-7-10-26(33)37/h5-15,17,19,27,31H,4,16,18,20H2,1-3H3,(H,38,40)(H,41,42)/t27-,31?/m0/s1. The highest BCUT2D eigenvalue weighted by molar-refractivity contribution is 14.1. The molecule has 48 heavy (non-hydrogen) atoms. The number of methoxy groups -OCH3 is 2. The molecule has 3 aromatic carbocycles. The zero-order valence-corrected chi connectivity index (χ0v) is 31.5. The summed E-state index contributed by atoms with van der Waals surface area (Å²) in [5.41, 5.74) is 3.55. The molecule has 0 saturated carbocycles. The van der Waals surface area contributed by atoms with Crippen LogP contribution in [-0.4, -0.2) is 69.0 Å². The normalized spacial score (nSPS) is 15.7. The molecule has 0 spiro atoms. The minimum absolute atomic E-state index is 0.0366. The molecule has 0 saturated heterocycles. The number of para-hydroxylation sites is 1. The molecule has 1 aliphatic rings. The Hall–Kier alpha value is -3.25. The van der Waals surface area contributed by atoms with E-state index >= 15 is 0 Å². The number of ether oxygens (including phenoxy) is 3. The van der Waals surface area contributed by atoms with E-state index in [4.69, 9.17) is 14.2 Å². The Bertz CT molecular complexity index is 2000. The third-order valence-electron chi connectivity index (χ3n) is 7.99. The first-order valence-corrected chi connectivity index (χ1v) is 18.6. The Balaban J connectivity index is 1.44. The molecular weight excluding hydrogens is 862 g/mol. The second kappa shape index (κ2) is 15.5. The predicted molar refractivity (Wildman–Crippen MR) is 199 cm³/mol. The molecule has 0 bridgehead atoms. The molecule has 13 heteroatoms. The van der Waals surface area contributed by atoms with Crippen molar-refractivity contribution >= 4 is 83.6 Å². The van der Waals surface area contributed by atoms with Crippen molar-refractivity contribution < 1.29 is 37.3 Å². The van der Waals surface area contributed by atoms with Crippen LogP contribution in [0.25, 0.3) is 16.5 Å². The van der Waals surface area contributed by atoms with E-state index in [0.29, 0.717) is 49.0 Å².